The average Bonchev–Trinajstić information content (AvgIpc) is 2.43. The number of rotatable bonds is 4. The highest BCUT2D eigenvalue weighted by atomic mass is 16.3. The van der Waals surface area contributed by atoms with Gasteiger partial charge in [-0.05, 0) is 12.8 Å². The second-order valence-electron chi connectivity index (χ2n) is 5.03. The van der Waals surface area contributed by atoms with Crippen molar-refractivity contribution in [3.05, 3.63) is 0 Å². The molecule has 0 aliphatic heterocycles. The van der Waals surface area contributed by atoms with Gasteiger partial charge in [0.1, 0.15) is 0 Å². The number of carbonyl (C=O) groups excluding carboxylic acids is 1. The molecule has 1 amide bonds. The highest BCUT2D eigenvalue weighted by molar-refractivity contribution is 5.77. The zero-order valence-corrected chi connectivity index (χ0v) is 10.5. The number of likely N-dealkylation sites (N-methyl/N-ethyl adjacent to an activating group) is 1. The Bertz CT molecular complexity index is 221. The fraction of sp³-hybridized carbons (Fsp3) is 0.917. The van der Waals surface area contributed by atoms with E-state index in [0.29, 0.717) is 13.1 Å². The summed E-state index contributed by atoms with van der Waals surface area (Å²) in [6.07, 6.45) is 6.35. The number of aliphatic hydroxyl groups is 1. The standard InChI is InChI=1S/C12H24N2O2/c1-14(2)11(15)9-13-10-12(16)7-5-3-4-6-8-12/h13,16H,3-10H2,1-2H3. The van der Waals surface area contributed by atoms with E-state index < -0.39 is 5.60 Å². The highest BCUT2D eigenvalue weighted by Gasteiger charge is 2.27. The topological polar surface area (TPSA) is 52.6 Å². The molecule has 1 saturated carbocycles. The molecule has 0 aromatic carbocycles. The smallest absolute Gasteiger partial charge is 0.236 e. The quantitative estimate of drug-likeness (QED) is 0.698. The predicted molar refractivity (Wildman–Crippen MR) is 64.2 cm³/mol. The molecule has 0 heterocycles. The van der Waals surface area contributed by atoms with Crippen LogP contribution >= 0.6 is 0 Å². The molecular weight excluding hydrogens is 204 g/mol. The lowest BCUT2D eigenvalue weighted by Crippen LogP contribution is -2.43. The number of amides is 1. The SMILES string of the molecule is CN(C)C(=O)CNCC1(O)CCCCCC1. The van der Waals surface area contributed by atoms with Gasteiger partial charge in [0.2, 0.25) is 5.91 Å². The summed E-state index contributed by atoms with van der Waals surface area (Å²) in [6, 6.07) is 0. The molecule has 0 spiro atoms. The predicted octanol–water partition coefficient (Wildman–Crippen LogP) is 0.749. The first-order valence-corrected chi connectivity index (χ1v) is 6.17. The van der Waals surface area contributed by atoms with Crippen LogP contribution in [0.5, 0.6) is 0 Å². The van der Waals surface area contributed by atoms with Crippen molar-refractivity contribution in [2.75, 3.05) is 27.2 Å². The van der Waals surface area contributed by atoms with Gasteiger partial charge in [-0.1, -0.05) is 25.7 Å². The van der Waals surface area contributed by atoms with Crippen LogP contribution in [-0.4, -0.2) is 48.7 Å². The van der Waals surface area contributed by atoms with Crippen molar-refractivity contribution >= 4 is 5.91 Å². The normalized spacial score (nSPS) is 20.2. The van der Waals surface area contributed by atoms with Crippen molar-refractivity contribution in [2.24, 2.45) is 0 Å². The van der Waals surface area contributed by atoms with E-state index in [1.165, 1.54) is 12.8 Å². The first-order valence-electron chi connectivity index (χ1n) is 6.17. The molecular formula is C12H24N2O2. The molecule has 0 atom stereocenters. The maximum absolute atomic E-state index is 11.3. The molecule has 0 aromatic heterocycles. The third-order valence-electron chi connectivity index (χ3n) is 3.26. The van der Waals surface area contributed by atoms with Crippen LogP contribution in [0.25, 0.3) is 0 Å². The lowest BCUT2D eigenvalue weighted by Gasteiger charge is -2.27. The summed E-state index contributed by atoms with van der Waals surface area (Å²) < 4.78 is 0. The van der Waals surface area contributed by atoms with Crippen LogP contribution in [-0.2, 0) is 4.79 Å². The molecule has 4 nitrogen and oxygen atoms in total. The van der Waals surface area contributed by atoms with E-state index in [9.17, 15) is 9.90 Å². The van der Waals surface area contributed by atoms with E-state index in [1.54, 1.807) is 19.0 Å². The van der Waals surface area contributed by atoms with Crippen LogP contribution in [0.15, 0.2) is 0 Å². The molecule has 0 saturated heterocycles. The lowest BCUT2D eigenvalue weighted by atomic mass is 9.94. The lowest BCUT2D eigenvalue weighted by molar-refractivity contribution is -0.127. The Morgan fingerprint density at radius 1 is 1.25 bits per heavy atom. The van der Waals surface area contributed by atoms with Crippen LogP contribution in [0.2, 0.25) is 0 Å². The van der Waals surface area contributed by atoms with Gasteiger partial charge in [0.15, 0.2) is 0 Å². The number of hydrogen-bond donors (Lipinski definition) is 2. The van der Waals surface area contributed by atoms with Crippen LogP contribution < -0.4 is 5.32 Å². The maximum Gasteiger partial charge on any atom is 0.236 e. The van der Waals surface area contributed by atoms with E-state index in [2.05, 4.69) is 5.32 Å². The summed E-state index contributed by atoms with van der Waals surface area (Å²) >= 11 is 0. The van der Waals surface area contributed by atoms with Gasteiger partial charge in [-0.2, -0.15) is 0 Å². The van der Waals surface area contributed by atoms with E-state index in [-0.39, 0.29) is 5.91 Å². The van der Waals surface area contributed by atoms with Crippen LogP contribution in [0, 0.1) is 0 Å². The van der Waals surface area contributed by atoms with Crippen molar-refractivity contribution in [1.29, 1.82) is 0 Å². The summed E-state index contributed by atoms with van der Waals surface area (Å²) in [5.74, 6) is 0.0530. The minimum Gasteiger partial charge on any atom is -0.389 e. The Morgan fingerprint density at radius 3 is 2.31 bits per heavy atom. The Hall–Kier alpha value is -0.610. The van der Waals surface area contributed by atoms with E-state index in [4.69, 9.17) is 0 Å². The van der Waals surface area contributed by atoms with Gasteiger partial charge >= 0.3 is 0 Å². The van der Waals surface area contributed by atoms with Gasteiger partial charge < -0.3 is 15.3 Å². The summed E-state index contributed by atoms with van der Waals surface area (Å²) in [5.41, 5.74) is -0.594. The monoisotopic (exact) mass is 228 g/mol. The number of nitrogens with one attached hydrogen (secondary N) is 1. The number of hydrogen-bond acceptors (Lipinski definition) is 3. The molecule has 16 heavy (non-hydrogen) atoms. The van der Waals surface area contributed by atoms with Crippen molar-refractivity contribution in [3.8, 4) is 0 Å². The zero-order valence-electron chi connectivity index (χ0n) is 10.5. The minimum atomic E-state index is -0.594. The third-order valence-corrected chi connectivity index (χ3v) is 3.26. The molecule has 1 rings (SSSR count). The minimum absolute atomic E-state index is 0.0530. The van der Waals surface area contributed by atoms with Gasteiger partial charge in [0.25, 0.3) is 0 Å². The molecule has 0 aromatic rings. The van der Waals surface area contributed by atoms with Crippen molar-refractivity contribution in [2.45, 2.75) is 44.1 Å². The van der Waals surface area contributed by atoms with Gasteiger partial charge in [-0.3, -0.25) is 4.79 Å². The number of nitrogens with zero attached hydrogens (tertiary/aromatic N) is 1. The molecule has 4 heteroatoms. The average molecular weight is 228 g/mol. The van der Waals surface area contributed by atoms with Gasteiger partial charge in [-0.25, -0.2) is 0 Å². The van der Waals surface area contributed by atoms with Crippen LogP contribution in [0.3, 0.4) is 0 Å². The fourth-order valence-corrected chi connectivity index (χ4v) is 2.12. The van der Waals surface area contributed by atoms with E-state index in [0.717, 1.165) is 25.7 Å². The molecule has 2 N–H and O–H groups in total. The summed E-state index contributed by atoms with van der Waals surface area (Å²) in [6.45, 7) is 0.849. The Balaban J connectivity index is 2.27. The third kappa shape index (κ3) is 4.49. The highest BCUT2D eigenvalue weighted by Crippen LogP contribution is 2.26. The summed E-state index contributed by atoms with van der Waals surface area (Å²) in [7, 11) is 3.48. The summed E-state index contributed by atoms with van der Waals surface area (Å²) in [4.78, 5) is 12.9. The Morgan fingerprint density at radius 2 is 1.81 bits per heavy atom. The zero-order chi connectivity index (χ0) is 12.0. The van der Waals surface area contributed by atoms with Gasteiger partial charge in [0, 0.05) is 20.6 Å². The van der Waals surface area contributed by atoms with E-state index >= 15 is 0 Å². The summed E-state index contributed by atoms with van der Waals surface area (Å²) in [5, 5.41) is 13.4. The van der Waals surface area contributed by atoms with Crippen molar-refractivity contribution < 1.29 is 9.90 Å². The van der Waals surface area contributed by atoms with Crippen LogP contribution in [0.4, 0.5) is 0 Å². The molecule has 94 valence electrons. The van der Waals surface area contributed by atoms with Crippen molar-refractivity contribution in [1.82, 2.24) is 10.2 Å². The first kappa shape index (κ1) is 13.5. The van der Waals surface area contributed by atoms with Gasteiger partial charge in [0.05, 0.1) is 12.1 Å². The first-order chi connectivity index (χ1) is 7.53. The Kier molecular flexibility index (Phi) is 5.22. The molecule has 1 aliphatic rings. The molecule has 1 aliphatic carbocycles. The van der Waals surface area contributed by atoms with E-state index in [1.807, 2.05) is 0 Å². The molecule has 0 radical (unpaired) electrons. The Labute approximate surface area is 98.0 Å². The maximum atomic E-state index is 11.3. The van der Waals surface area contributed by atoms with Gasteiger partial charge in [-0.15, -0.1) is 0 Å². The molecule has 0 unspecified atom stereocenters. The second-order valence-corrected chi connectivity index (χ2v) is 5.03. The largest absolute Gasteiger partial charge is 0.389 e. The van der Waals surface area contributed by atoms with Crippen molar-refractivity contribution in [3.63, 3.8) is 0 Å². The molecule has 1 fully saturated rings. The fourth-order valence-electron chi connectivity index (χ4n) is 2.12. The second kappa shape index (κ2) is 6.21. The number of carbonyl (C=O) groups is 1. The van der Waals surface area contributed by atoms with Crippen LogP contribution in [0.1, 0.15) is 38.5 Å². The molecule has 0 bridgehead atoms.